The summed E-state index contributed by atoms with van der Waals surface area (Å²) in [6.07, 6.45) is 3.19. The van der Waals surface area contributed by atoms with Crippen LogP contribution in [0.3, 0.4) is 0 Å². The number of ether oxygens (including phenoxy) is 2. The lowest BCUT2D eigenvalue weighted by Crippen LogP contribution is -2.42. The molecule has 4 rings (SSSR count). The molecular weight excluding hydrogens is 356 g/mol. The van der Waals surface area contributed by atoms with Crippen LogP contribution in [0.1, 0.15) is 12.0 Å². The quantitative estimate of drug-likeness (QED) is 0.549. The largest absolute Gasteiger partial charge is 0.485 e. The molecule has 0 fully saturated rings. The molecule has 0 aliphatic carbocycles. The zero-order valence-corrected chi connectivity index (χ0v) is 15.0. The highest BCUT2D eigenvalue weighted by Gasteiger charge is 2.27. The normalized spacial score (nSPS) is 15.5. The zero-order valence-electron chi connectivity index (χ0n) is 15.0. The number of nitrogens with one attached hydrogen (secondary N) is 1. The van der Waals surface area contributed by atoms with Gasteiger partial charge in [0.15, 0.2) is 11.5 Å². The van der Waals surface area contributed by atoms with Crippen molar-refractivity contribution in [1.82, 2.24) is 9.99 Å². The highest BCUT2D eigenvalue weighted by molar-refractivity contribution is 5.99. The Hall–Kier alpha value is -3.79. The van der Waals surface area contributed by atoms with Gasteiger partial charge < -0.3 is 14.0 Å². The van der Waals surface area contributed by atoms with Crippen LogP contribution < -0.4 is 14.9 Å². The molecule has 140 valence electrons. The van der Waals surface area contributed by atoms with E-state index in [1.54, 1.807) is 18.3 Å². The summed E-state index contributed by atoms with van der Waals surface area (Å²) in [6, 6.07) is 17.2. The van der Waals surface area contributed by atoms with E-state index in [9.17, 15) is 4.79 Å². The van der Waals surface area contributed by atoms with Gasteiger partial charge in [-0.25, -0.2) is 5.43 Å². The van der Waals surface area contributed by atoms with Gasteiger partial charge >= 0.3 is 0 Å². The summed E-state index contributed by atoms with van der Waals surface area (Å²) in [7, 11) is 0. The van der Waals surface area contributed by atoms with Crippen LogP contribution in [-0.2, 0) is 11.3 Å². The number of carbonyl (C=O) groups is 1. The number of benzene rings is 2. The van der Waals surface area contributed by atoms with Crippen molar-refractivity contribution < 1.29 is 14.3 Å². The summed E-state index contributed by atoms with van der Waals surface area (Å²) >= 11 is 0. The number of fused-ring (bicyclic) bond motifs is 2. The molecule has 1 atom stereocenters. The Morgan fingerprint density at radius 2 is 2.04 bits per heavy atom. The lowest BCUT2D eigenvalue weighted by molar-refractivity contribution is -0.130. The minimum Gasteiger partial charge on any atom is -0.485 e. The van der Waals surface area contributed by atoms with E-state index in [0.29, 0.717) is 24.5 Å². The Labute approximate surface area is 161 Å². The molecule has 1 N–H and O–H groups in total. The van der Waals surface area contributed by atoms with Gasteiger partial charge in [0.2, 0.25) is 6.10 Å². The number of nitrogens with zero attached hydrogens (tertiary/aromatic N) is 3. The maximum Gasteiger partial charge on any atom is 0.284 e. The van der Waals surface area contributed by atoms with Gasteiger partial charge in [-0.1, -0.05) is 30.3 Å². The predicted octanol–water partition coefficient (Wildman–Crippen LogP) is 2.85. The molecule has 2 heterocycles. The molecule has 1 amide bonds. The second-order valence-corrected chi connectivity index (χ2v) is 6.30. The number of amides is 1. The van der Waals surface area contributed by atoms with E-state index in [0.717, 1.165) is 16.5 Å². The first kappa shape index (κ1) is 17.6. The second kappa shape index (κ2) is 7.84. The summed E-state index contributed by atoms with van der Waals surface area (Å²) in [5.41, 5.74) is 4.39. The van der Waals surface area contributed by atoms with Gasteiger partial charge in [0.05, 0.1) is 18.7 Å². The highest BCUT2D eigenvalue weighted by Crippen LogP contribution is 2.30. The average molecular weight is 374 g/mol. The van der Waals surface area contributed by atoms with Crippen LogP contribution >= 0.6 is 0 Å². The third-order valence-electron chi connectivity index (χ3n) is 4.46. The molecule has 1 aromatic heterocycles. The lowest BCUT2D eigenvalue weighted by Gasteiger charge is -2.24. The van der Waals surface area contributed by atoms with Crippen molar-refractivity contribution in [2.45, 2.75) is 19.1 Å². The third-order valence-corrected chi connectivity index (χ3v) is 4.46. The van der Waals surface area contributed by atoms with Crippen molar-refractivity contribution >= 4 is 23.0 Å². The summed E-state index contributed by atoms with van der Waals surface area (Å²) in [5.74, 6) is 0.789. The van der Waals surface area contributed by atoms with Crippen molar-refractivity contribution in [3.8, 4) is 17.6 Å². The molecule has 0 radical (unpaired) electrons. The van der Waals surface area contributed by atoms with E-state index in [4.69, 9.17) is 14.7 Å². The maximum atomic E-state index is 12.3. The van der Waals surface area contributed by atoms with Crippen LogP contribution in [0.5, 0.6) is 11.5 Å². The van der Waals surface area contributed by atoms with Crippen molar-refractivity contribution in [1.29, 1.82) is 5.26 Å². The molecule has 28 heavy (non-hydrogen) atoms. The first-order chi connectivity index (χ1) is 13.8. The summed E-state index contributed by atoms with van der Waals surface area (Å²) in [6.45, 7) is 0.732. The van der Waals surface area contributed by atoms with Crippen LogP contribution in [0.15, 0.2) is 59.8 Å². The van der Waals surface area contributed by atoms with Gasteiger partial charge in [0.1, 0.15) is 6.61 Å². The van der Waals surface area contributed by atoms with E-state index in [1.807, 2.05) is 47.2 Å². The number of aromatic nitrogens is 1. The number of carbonyl (C=O) groups excluding carboxylic acids is 1. The predicted molar refractivity (Wildman–Crippen MR) is 104 cm³/mol. The van der Waals surface area contributed by atoms with Crippen molar-refractivity contribution in [3.05, 3.63) is 60.3 Å². The van der Waals surface area contributed by atoms with E-state index in [1.165, 1.54) is 0 Å². The number of hydrogen-bond acceptors (Lipinski definition) is 5. The molecular formula is C21H18N4O3. The Balaban J connectivity index is 1.45. The molecule has 0 spiro atoms. The number of hydrogen-bond donors (Lipinski definition) is 1. The molecule has 0 saturated heterocycles. The number of aryl methyl sites for hydroxylation is 1. The van der Waals surface area contributed by atoms with Crippen LogP contribution in [0.2, 0.25) is 0 Å². The number of rotatable bonds is 5. The van der Waals surface area contributed by atoms with E-state index in [2.05, 4.69) is 16.6 Å². The van der Waals surface area contributed by atoms with Gasteiger partial charge in [0.25, 0.3) is 5.91 Å². The van der Waals surface area contributed by atoms with E-state index >= 15 is 0 Å². The summed E-state index contributed by atoms with van der Waals surface area (Å²) < 4.78 is 13.2. The van der Waals surface area contributed by atoms with Gasteiger partial charge in [-0.3, -0.25) is 4.79 Å². The van der Waals surface area contributed by atoms with Crippen LogP contribution in [0.25, 0.3) is 10.9 Å². The molecule has 0 unspecified atom stereocenters. The van der Waals surface area contributed by atoms with Gasteiger partial charge in [-0.15, -0.1) is 0 Å². The van der Waals surface area contributed by atoms with E-state index in [-0.39, 0.29) is 12.5 Å². The molecule has 1 aliphatic rings. The average Bonchev–Trinajstić information content (AvgIpc) is 3.09. The fraction of sp³-hybridized carbons (Fsp3) is 0.190. The molecule has 7 nitrogen and oxygen atoms in total. The number of para-hydroxylation sites is 3. The fourth-order valence-electron chi connectivity index (χ4n) is 3.12. The fourth-order valence-corrected chi connectivity index (χ4v) is 3.12. The Bertz CT molecular complexity index is 1080. The highest BCUT2D eigenvalue weighted by atomic mass is 16.6. The van der Waals surface area contributed by atoms with Crippen molar-refractivity contribution in [2.75, 3.05) is 6.61 Å². The smallest absolute Gasteiger partial charge is 0.284 e. The van der Waals surface area contributed by atoms with Gasteiger partial charge in [-0.2, -0.15) is 10.4 Å². The Morgan fingerprint density at radius 1 is 1.25 bits per heavy atom. The topological polar surface area (TPSA) is 88.6 Å². The Morgan fingerprint density at radius 3 is 2.89 bits per heavy atom. The first-order valence-electron chi connectivity index (χ1n) is 8.92. The van der Waals surface area contributed by atoms with Gasteiger partial charge in [0, 0.05) is 29.2 Å². The van der Waals surface area contributed by atoms with Gasteiger partial charge in [-0.05, 0) is 18.2 Å². The van der Waals surface area contributed by atoms with Crippen LogP contribution in [-0.4, -0.2) is 29.4 Å². The molecule has 2 aromatic carbocycles. The maximum absolute atomic E-state index is 12.3. The minimum atomic E-state index is -0.760. The minimum absolute atomic E-state index is 0.131. The third kappa shape index (κ3) is 3.53. The molecule has 7 heteroatoms. The summed E-state index contributed by atoms with van der Waals surface area (Å²) in [4.78, 5) is 12.3. The first-order valence-corrected chi connectivity index (χ1v) is 8.92. The molecule has 0 saturated carbocycles. The zero-order chi connectivity index (χ0) is 19.3. The molecule has 0 bridgehead atoms. The van der Waals surface area contributed by atoms with Crippen molar-refractivity contribution in [2.24, 2.45) is 5.10 Å². The molecule has 1 aliphatic heterocycles. The number of nitriles is 1. The summed E-state index contributed by atoms with van der Waals surface area (Å²) in [5, 5.41) is 13.9. The van der Waals surface area contributed by atoms with E-state index < -0.39 is 6.10 Å². The SMILES string of the molecule is N#CCCn1cc(/C=N\NC(=O)[C@H]2COc3ccccc3O2)c2ccccc21. The van der Waals surface area contributed by atoms with Crippen molar-refractivity contribution in [3.63, 3.8) is 0 Å². The second-order valence-electron chi connectivity index (χ2n) is 6.30. The lowest BCUT2D eigenvalue weighted by atomic mass is 10.2. The number of hydrazone groups is 1. The standard InChI is InChI=1S/C21H18N4O3/c22-10-5-11-25-13-15(16-6-1-2-7-17(16)25)12-23-24-21(26)20-14-27-18-8-3-4-9-19(18)28-20/h1-4,6-9,12-13,20H,5,11,14H2,(H,24,26)/b23-12-/t20-/m1/s1. The molecule has 3 aromatic rings. The Kier molecular flexibility index (Phi) is 4.93. The van der Waals surface area contributed by atoms with Crippen LogP contribution in [0, 0.1) is 11.3 Å². The van der Waals surface area contributed by atoms with Crippen LogP contribution in [0.4, 0.5) is 0 Å². The monoisotopic (exact) mass is 374 g/mol.